The Morgan fingerprint density at radius 1 is 1.07 bits per heavy atom. The lowest BCUT2D eigenvalue weighted by molar-refractivity contribution is -0.132. The molecule has 8 heteroatoms. The molecule has 4 rings (SSSR count). The molecule has 0 aromatic heterocycles. The number of nitrogens with zero attached hydrogens (tertiary/aromatic N) is 2. The minimum atomic E-state index is -0.613. The zero-order valence-electron chi connectivity index (χ0n) is 16.9. The third kappa shape index (κ3) is 4.71. The van der Waals surface area contributed by atoms with Crippen LogP contribution in [0.4, 0.5) is 8.78 Å². The molecule has 2 aliphatic rings. The highest BCUT2D eigenvalue weighted by molar-refractivity contribution is 5.78. The van der Waals surface area contributed by atoms with Crippen LogP contribution < -0.4 is 14.8 Å². The fourth-order valence-electron chi connectivity index (χ4n) is 3.77. The maximum Gasteiger partial charge on any atom is 0.236 e. The van der Waals surface area contributed by atoms with E-state index in [0.29, 0.717) is 18.7 Å². The van der Waals surface area contributed by atoms with Crippen molar-refractivity contribution in [1.29, 1.82) is 0 Å². The van der Waals surface area contributed by atoms with Gasteiger partial charge in [-0.1, -0.05) is 12.1 Å². The first-order valence-corrected chi connectivity index (χ1v) is 10.1. The number of hydrogen-bond acceptors (Lipinski definition) is 5. The van der Waals surface area contributed by atoms with Crippen LogP contribution in [0.5, 0.6) is 11.5 Å². The average molecular weight is 417 g/mol. The van der Waals surface area contributed by atoms with Crippen molar-refractivity contribution >= 4 is 5.91 Å². The number of nitrogens with one attached hydrogen (secondary N) is 1. The lowest BCUT2D eigenvalue weighted by Gasteiger charge is -2.35. The maximum atomic E-state index is 13.9. The minimum Gasteiger partial charge on any atom is -0.454 e. The Morgan fingerprint density at radius 2 is 1.83 bits per heavy atom. The number of piperazine rings is 1. The standard InChI is InChI=1S/C22H25F2N3O3/c1-15(18-4-3-17(23)11-19(18)24)25-12-22(28)27-8-6-26(7-9-27)13-16-2-5-20-21(10-16)30-14-29-20/h2-5,10-11,15,25H,6-9,12-14H2,1H3/t15-/m1/s1. The van der Waals surface area contributed by atoms with Gasteiger partial charge in [-0.05, 0) is 30.7 Å². The van der Waals surface area contributed by atoms with Crippen molar-refractivity contribution in [3.05, 3.63) is 59.2 Å². The number of fused-ring (bicyclic) bond motifs is 1. The molecular formula is C22H25F2N3O3. The van der Waals surface area contributed by atoms with Crippen LogP contribution in [0.1, 0.15) is 24.1 Å². The van der Waals surface area contributed by atoms with Crippen LogP contribution in [0.2, 0.25) is 0 Å². The molecule has 0 radical (unpaired) electrons. The van der Waals surface area contributed by atoms with Crippen molar-refractivity contribution in [3.63, 3.8) is 0 Å². The molecule has 2 aromatic rings. The average Bonchev–Trinajstić information content (AvgIpc) is 3.20. The molecular weight excluding hydrogens is 392 g/mol. The summed E-state index contributed by atoms with van der Waals surface area (Å²) in [5.41, 5.74) is 1.49. The fraction of sp³-hybridized carbons (Fsp3) is 0.409. The van der Waals surface area contributed by atoms with Crippen molar-refractivity contribution < 1.29 is 23.0 Å². The molecule has 0 saturated carbocycles. The van der Waals surface area contributed by atoms with Gasteiger partial charge < -0.3 is 19.7 Å². The first kappa shape index (κ1) is 20.6. The van der Waals surface area contributed by atoms with Crippen LogP contribution in [-0.4, -0.2) is 55.2 Å². The van der Waals surface area contributed by atoms with E-state index in [0.717, 1.165) is 42.8 Å². The number of carbonyl (C=O) groups is 1. The van der Waals surface area contributed by atoms with Gasteiger partial charge in [0.2, 0.25) is 12.7 Å². The lowest BCUT2D eigenvalue weighted by atomic mass is 10.1. The summed E-state index contributed by atoms with van der Waals surface area (Å²) in [7, 11) is 0. The smallest absolute Gasteiger partial charge is 0.236 e. The Hall–Kier alpha value is -2.71. The second-order valence-electron chi connectivity index (χ2n) is 7.61. The summed E-state index contributed by atoms with van der Waals surface area (Å²) in [6.45, 7) is 5.77. The fourth-order valence-corrected chi connectivity index (χ4v) is 3.77. The number of amides is 1. The monoisotopic (exact) mass is 417 g/mol. The van der Waals surface area contributed by atoms with Crippen molar-refractivity contribution in [3.8, 4) is 11.5 Å². The molecule has 2 aliphatic heterocycles. The van der Waals surface area contributed by atoms with E-state index in [1.807, 2.05) is 23.1 Å². The summed E-state index contributed by atoms with van der Waals surface area (Å²) in [6.07, 6.45) is 0. The van der Waals surface area contributed by atoms with Gasteiger partial charge in [0.25, 0.3) is 0 Å². The Bertz CT molecular complexity index is 916. The molecule has 1 fully saturated rings. The van der Waals surface area contributed by atoms with Crippen LogP contribution in [0.15, 0.2) is 36.4 Å². The van der Waals surface area contributed by atoms with Crippen molar-refractivity contribution in [2.45, 2.75) is 19.5 Å². The molecule has 160 valence electrons. The number of hydrogen-bond donors (Lipinski definition) is 1. The molecule has 1 atom stereocenters. The predicted molar refractivity (Wildman–Crippen MR) is 107 cm³/mol. The second-order valence-corrected chi connectivity index (χ2v) is 7.61. The highest BCUT2D eigenvalue weighted by atomic mass is 19.1. The van der Waals surface area contributed by atoms with Gasteiger partial charge >= 0.3 is 0 Å². The first-order valence-electron chi connectivity index (χ1n) is 10.1. The number of carbonyl (C=O) groups excluding carboxylic acids is 1. The third-order valence-corrected chi connectivity index (χ3v) is 5.56. The topological polar surface area (TPSA) is 54.0 Å². The van der Waals surface area contributed by atoms with Crippen molar-refractivity contribution in [2.75, 3.05) is 39.5 Å². The molecule has 1 N–H and O–H groups in total. The van der Waals surface area contributed by atoms with Gasteiger partial charge in [-0.2, -0.15) is 0 Å². The zero-order chi connectivity index (χ0) is 21.1. The summed E-state index contributed by atoms with van der Waals surface area (Å²) in [5.74, 6) is 0.306. The number of halogens is 2. The highest BCUT2D eigenvalue weighted by Crippen LogP contribution is 2.32. The van der Waals surface area contributed by atoms with Gasteiger partial charge in [0, 0.05) is 50.4 Å². The Balaban J connectivity index is 1.23. The minimum absolute atomic E-state index is 0.0212. The zero-order valence-corrected chi connectivity index (χ0v) is 16.9. The SMILES string of the molecule is C[C@@H](NCC(=O)N1CCN(Cc2ccc3c(c2)OCO3)CC1)c1ccc(F)cc1F. The number of benzene rings is 2. The quantitative estimate of drug-likeness (QED) is 0.783. The highest BCUT2D eigenvalue weighted by Gasteiger charge is 2.22. The van der Waals surface area contributed by atoms with Crippen molar-refractivity contribution in [1.82, 2.24) is 15.1 Å². The van der Waals surface area contributed by atoms with Crippen LogP contribution in [0, 0.1) is 11.6 Å². The molecule has 0 unspecified atom stereocenters. The summed E-state index contributed by atoms with van der Waals surface area (Å²) in [4.78, 5) is 16.6. The van der Waals surface area contributed by atoms with Crippen LogP contribution in [0.3, 0.4) is 0 Å². The van der Waals surface area contributed by atoms with E-state index in [9.17, 15) is 13.6 Å². The molecule has 2 heterocycles. The Morgan fingerprint density at radius 3 is 2.60 bits per heavy atom. The van der Waals surface area contributed by atoms with E-state index in [1.165, 1.54) is 12.1 Å². The molecule has 0 bridgehead atoms. The van der Waals surface area contributed by atoms with Crippen LogP contribution in [0.25, 0.3) is 0 Å². The summed E-state index contributed by atoms with van der Waals surface area (Å²) >= 11 is 0. The van der Waals surface area contributed by atoms with Gasteiger partial charge in [-0.3, -0.25) is 9.69 Å². The van der Waals surface area contributed by atoms with Crippen molar-refractivity contribution in [2.24, 2.45) is 0 Å². The lowest BCUT2D eigenvalue weighted by Crippen LogP contribution is -2.50. The molecule has 1 amide bonds. The summed E-state index contributed by atoms with van der Waals surface area (Å²) < 4.78 is 37.7. The first-order chi connectivity index (χ1) is 14.5. The predicted octanol–water partition coefficient (Wildman–Crippen LogP) is 2.69. The summed E-state index contributed by atoms with van der Waals surface area (Å²) in [6, 6.07) is 9.05. The maximum absolute atomic E-state index is 13.9. The number of ether oxygens (including phenoxy) is 2. The van der Waals surface area contributed by atoms with E-state index < -0.39 is 11.6 Å². The van der Waals surface area contributed by atoms with E-state index in [-0.39, 0.29) is 25.3 Å². The van der Waals surface area contributed by atoms with E-state index in [4.69, 9.17) is 9.47 Å². The van der Waals surface area contributed by atoms with Gasteiger partial charge in [0.15, 0.2) is 11.5 Å². The van der Waals surface area contributed by atoms with Gasteiger partial charge in [-0.15, -0.1) is 0 Å². The van der Waals surface area contributed by atoms with E-state index in [2.05, 4.69) is 10.2 Å². The number of rotatable bonds is 6. The summed E-state index contributed by atoms with van der Waals surface area (Å²) in [5, 5.41) is 3.04. The molecule has 1 saturated heterocycles. The Labute approximate surface area is 174 Å². The molecule has 30 heavy (non-hydrogen) atoms. The van der Waals surface area contributed by atoms with Gasteiger partial charge in [0.05, 0.1) is 6.54 Å². The second kappa shape index (κ2) is 8.97. The normalized spacial score (nSPS) is 17.2. The largest absolute Gasteiger partial charge is 0.454 e. The van der Waals surface area contributed by atoms with E-state index >= 15 is 0 Å². The van der Waals surface area contributed by atoms with Crippen LogP contribution in [-0.2, 0) is 11.3 Å². The Kier molecular flexibility index (Phi) is 6.15. The van der Waals surface area contributed by atoms with E-state index in [1.54, 1.807) is 6.92 Å². The molecule has 2 aromatic carbocycles. The van der Waals surface area contributed by atoms with Gasteiger partial charge in [0.1, 0.15) is 11.6 Å². The van der Waals surface area contributed by atoms with Crippen LogP contribution >= 0.6 is 0 Å². The molecule has 0 aliphatic carbocycles. The third-order valence-electron chi connectivity index (χ3n) is 5.56. The van der Waals surface area contributed by atoms with Gasteiger partial charge in [-0.25, -0.2) is 8.78 Å². The molecule has 0 spiro atoms. The molecule has 6 nitrogen and oxygen atoms in total.